The van der Waals surface area contributed by atoms with Gasteiger partial charge in [-0.2, -0.15) is 0 Å². The molecule has 0 spiro atoms. The third-order valence-electron chi connectivity index (χ3n) is 4.05. The molecule has 1 aromatic rings. The molecule has 0 radical (unpaired) electrons. The van der Waals surface area contributed by atoms with Crippen molar-refractivity contribution in [2.45, 2.75) is 31.7 Å². The number of hydrogen-bond donors (Lipinski definition) is 3. The van der Waals surface area contributed by atoms with Crippen LogP contribution in [0.2, 0.25) is 0 Å². The summed E-state index contributed by atoms with van der Waals surface area (Å²) in [7, 11) is 0. The van der Waals surface area contributed by atoms with E-state index in [0.717, 1.165) is 43.7 Å². The van der Waals surface area contributed by atoms with Gasteiger partial charge in [-0.15, -0.1) is 0 Å². The minimum absolute atomic E-state index is 0.0514. The molecule has 2 aliphatic rings. The molecule has 1 atom stereocenters. The van der Waals surface area contributed by atoms with Gasteiger partial charge in [0.05, 0.1) is 0 Å². The zero-order valence-electron chi connectivity index (χ0n) is 11.8. The molecule has 3 rings (SSSR count). The Morgan fingerprint density at radius 1 is 1.20 bits per heavy atom. The van der Waals surface area contributed by atoms with E-state index in [-0.39, 0.29) is 5.91 Å². The molecule has 1 unspecified atom stereocenters. The van der Waals surface area contributed by atoms with E-state index < -0.39 is 0 Å². The van der Waals surface area contributed by atoms with Crippen LogP contribution in [0, 0.1) is 5.92 Å². The average Bonchev–Trinajstić information content (AvgIpc) is 3.31. The fourth-order valence-electron chi connectivity index (χ4n) is 2.60. The summed E-state index contributed by atoms with van der Waals surface area (Å²) < 4.78 is 0. The van der Waals surface area contributed by atoms with Crippen LogP contribution in [0.4, 0.5) is 5.69 Å². The van der Waals surface area contributed by atoms with E-state index in [9.17, 15) is 4.79 Å². The van der Waals surface area contributed by atoms with Gasteiger partial charge in [-0.05, 0) is 69.0 Å². The first-order valence-electron chi connectivity index (χ1n) is 7.67. The lowest BCUT2D eigenvalue weighted by Crippen LogP contribution is -2.33. The number of carbonyl (C=O) groups is 1. The third-order valence-corrected chi connectivity index (χ3v) is 4.05. The van der Waals surface area contributed by atoms with E-state index in [1.54, 1.807) is 0 Å². The van der Waals surface area contributed by atoms with Crippen LogP contribution in [-0.2, 0) is 0 Å². The highest BCUT2D eigenvalue weighted by Gasteiger charge is 2.23. The van der Waals surface area contributed by atoms with Gasteiger partial charge in [0.25, 0.3) is 5.91 Å². The van der Waals surface area contributed by atoms with Crippen molar-refractivity contribution in [3.8, 4) is 0 Å². The third kappa shape index (κ3) is 3.73. The molecule has 1 aliphatic carbocycles. The number of benzene rings is 1. The van der Waals surface area contributed by atoms with Crippen molar-refractivity contribution in [3.05, 3.63) is 29.8 Å². The first kappa shape index (κ1) is 13.4. The van der Waals surface area contributed by atoms with Crippen molar-refractivity contribution in [1.82, 2.24) is 10.6 Å². The van der Waals surface area contributed by atoms with Crippen molar-refractivity contribution in [2.24, 2.45) is 5.92 Å². The van der Waals surface area contributed by atoms with Crippen LogP contribution in [0.3, 0.4) is 0 Å². The van der Waals surface area contributed by atoms with Crippen molar-refractivity contribution >= 4 is 11.6 Å². The van der Waals surface area contributed by atoms with E-state index in [1.165, 1.54) is 12.8 Å². The lowest BCUT2D eigenvalue weighted by molar-refractivity contribution is 0.0951. The van der Waals surface area contributed by atoms with Gasteiger partial charge in [0.2, 0.25) is 0 Å². The normalized spacial score (nSPS) is 22.3. The maximum atomic E-state index is 11.9. The van der Waals surface area contributed by atoms with Gasteiger partial charge in [-0.1, -0.05) is 0 Å². The monoisotopic (exact) mass is 273 g/mol. The van der Waals surface area contributed by atoms with Gasteiger partial charge in [-0.3, -0.25) is 4.79 Å². The number of piperidine rings is 1. The summed E-state index contributed by atoms with van der Waals surface area (Å²) in [5.74, 6) is 0.761. The van der Waals surface area contributed by atoms with Crippen molar-refractivity contribution in [2.75, 3.05) is 25.0 Å². The van der Waals surface area contributed by atoms with Gasteiger partial charge in [-0.25, -0.2) is 0 Å². The molecule has 4 heteroatoms. The summed E-state index contributed by atoms with van der Waals surface area (Å²) in [4.78, 5) is 11.9. The minimum Gasteiger partial charge on any atom is -0.385 e. The van der Waals surface area contributed by atoms with E-state index in [1.807, 2.05) is 24.3 Å². The van der Waals surface area contributed by atoms with E-state index in [4.69, 9.17) is 0 Å². The maximum absolute atomic E-state index is 11.9. The molecule has 1 heterocycles. The molecule has 0 bridgehead atoms. The molecular weight excluding hydrogens is 250 g/mol. The predicted molar refractivity (Wildman–Crippen MR) is 81.0 cm³/mol. The number of rotatable bonds is 5. The van der Waals surface area contributed by atoms with Crippen LogP contribution in [0.1, 0.15) is 36.0 Å². The number of anilines is 1. The Bertz CT molecular complexity index is 447. The van der Waals surface area contributed by atoms with Gasteiger partial charge in [0.15, 0.2) is 0 Å². The van der Waals surface area contributed by atoms with Crippen LogP contribution in [-0.4, -0.2) is 31.6 Å². The minimum atomic E-state index is 0.0514. The predicted octanol–water partition coefficient (Wildman–Crippen LogP) is 1.99. The molecule has 1 aromatic carbocycles. The number of nitrogens with one attached hydrogen (secondary N) is 3. The molecule has 0 aromatic heterocycles. The molecule has 20 heavy (non-hydrogen) atoms. The zero-order chi connectivity index (χ0) is 13.8. The van der Waals surface area contributed by atoms with Crippen molar-refractivity contribution in [1.29, 1.82) is 0 Å². The summed E-state index contributed by atoms with van der Waals surface area (Å²) in [5.41, 5.74) is 1.85. The average molecular weight is 273 g/mol. The second kappa shape index (κ2) is 6.27. The Morgan fingerprint density at radius 3 is 2.65 bits per heavy atom. The summed E-state index contributed by atoms with van der Waals surface area (Å²) in [6.45, 7) is 3.26. The smallest absolute Gasteiger partial charge is 0.251 e. The fraction of sp³-hybridized carbons (Fsp3) is 0.562. The maximum Gasteiger partial charge on any atom is 0.251 e. The summed E-state index contributed by atoms with van der Waals surface area (Å²) in [5, 5.41) is 9.89. The molecule has 108 valence electrons. The quantitative estimate of drug-likeness (QED) is 0.769. The van der Waals surface area contributed by atoms with E-state index >= 15 is 0 Å². The van der Waals surface area contributed by atoms with Gasteiger partial charge in [0.1, 0.15) is 0 Å². The largest absolute Gasteiger partial charge is 0.385 e. The van der Waals surface area contributed by atoms with Gasteiger partial charge < -0.3 is 16.0 Å². The lowest BCUT2D eigenvalue weighted by atomic mass is 10.00. The van der Waals surface area contributed by atoms with Crippen LogP contribution < -0.4 is 16.0 Å². The number of hydrogen-bond acceptors (Lipinski definition) is 3. The summed E-state index contributed by atoms with van der Waals surface area (Å²) in [6.07, 6.45) is 4.82. The molecule has 4 nitrogen and oxygen atoms in total. The molecule has 3 N–H and O–H groups in total. The number of carbonyl (C=O) groups excluding carboxylic acids is 1. The zero-order valence-corrected chi connectivity index (χ0v) is 11.8. The second-order valence-corrected chi connectivity index (χ2v) is 5.92. The van der Waals surface area contributed by atoms with E-state index in [2.05, 4.69) is 16.0 Å². The second-order valence-electron chi connectivity index (χ2n) is 5.92. The number of amides is 1. The first-order valence-corrected chi connectivity index (χ1v) is 7.67. The summed E-state index contributed by atoms with van der Waals surface area (Å²) >= 11 is 0. The van der Waals surface area contributed by atoms with E-state index in [0.29, 0.717) is 12.0 Å². The lowest BCUT2D eigenvalue weighted by Gasteiger charge is -2.23. The summed E-state index contributed by atoms with van der Waals surface area (Å²) in [6, 6.07) is 8.22. The van der Waals surface area contributed by atoms with Crippen molar-refractivity contribution in [3.63, 3.8) is 0 Å². The fourth-order valence-corrected chi connectivity index (χ4v) is 2.60. The Labute approximate surface area is 120 Å². The Kier molecular flexibility index (Phi) is 4.21. The van der Waals surface area contributed by atoms with Crippen LogP contribution >= 0.6 is 0 Å². The first-order chi connectivity index (χ1) is 9.81. The molecular formula is C16H23N3O. The molecule has 1 aliphatic heterocycles. The molecule has 1 saturated heterocycles. The van der Waals surface area contributed by atoms with Crippen LogP contribution in [0.25, 0.3) is 0 Å². The Hall–Kier alpha value is -1.55. The van der Waals surface area contributed by atoms with Gasteiger partial charge in [0, 0.05) is 23.8 Å². The standard InChI is InChI=1S/C16H23N3O/c20-16(19-15-7-8-15)13-3-5-14(6-4-13)18-11-12-2-1-9-17-10-12/h3-6,12,15,17-18H,1-2,7-11H2,(H,19,20). The molecule has 2 fully saturated rings. The highest BCUT2D eigenvalue weighted by molar-refractivity contribution is 5.94. The molecule has 1 amide bonds. The van der Waals surface area contributed by atoms with Gasteiger partial charge >= 0.3 is 0 Å². The highest BCUT2D eigenvalue weighted by atomic mass is 16.1. The Balaban J connectivity index is 1.48. The molecule has 1 saturated carbocycles. The topological polar surface area (TPSA) is 53.2 Å². The SMILES string of the molecule is O=C(NC1CC1)c1ccc(NCC2CCCNC2)cc1. The van der Waals surface area contributed by atoms with Crippen LogP contribution in [0.15, 0.2) is 24.3 Å². The highest BCUT2D eigenvalue weighted by Crippen LogP contribution is 2.20. The Morgan fingerprint density at radius 2 is 2.00 bits per heavy atom. The van der Waals surface area contributed by atoms with Crippen molar-refractivity contribution < 1.29 is 4.79 Å². The van der Waals surface area contributed by atoms with Crippen LogP contribution in [0.5, 0.6) is 0 Å².